The third-order valence-electron chi connectivity index (χ3n) is 3.03. The molecule has 3 heteroatoms. The predicted octanol–water partition coefficient (Wildman–Crippen LogP) is 3.17. The zero-order valence-electron chi connectivity index (χ0n) is 10.7. The van der Waals surface area contributed by atoms with Crippen molar-refractivity contribution in [2.75, 3.05) is 0 Å². The highest BCUT2D eigenvalue weighted by atomic mass is 16.4. The zero-order valence-corrected chi connectivity index (χ0v) is 10.7. The normalized spacial score (nSPS) is 16.0. The molecule has 0 aliphatic heterocycles. The number of unbranched alkanes of at least 4 members (excludes halogenated alkanes) is 5. The lowest BCUT2D eigenvalue weighted by molar-refractivity contribution is -0.137. The van der Waals surface area contributed by atoms with E-state index in [1.165, 1.54) is 0 Å². The Morgan fingerprint density at radius 3 is 1.89 bits per heavy atom. The van der Waals surface area contributed by atoms with Crippen LogP contribution in [0.25, 0.3) is 0 Å². The van der Waals surface area contributed by atoms with E-state index in [1.807, 2.05) is 25.7 Å². The summed E-state index contributed by atoms with van der Waals surface area (Å²) in [5.41, 5.74) is 0. The number of rotatable bonds is 10. The molecule has 3 nitrogen and oxygen atoms in total. The fourth-order valence-electron chi connectivity index (χ4n) is 1.97. The molecule has 1 rings (SSSR count). The van der Waals surface area contributed by atoms with Crippen LogP contribution in [0.2, 0.25) is 0 Å². The van der Waals surface area contributed by atoms with E-state index in [2.05, 4.69) is 0 Å². The molecule has 99 valence electrons. The summed E-state index contributed by atoms with van der Waals surface area (Å²) in [6.45, 7) is 0. The molecule has 18 heavy (non-hydrogen) atoms. The fourth-order valence-corrected chi connectivity index (χ4v) is 1.97. The van der Waals surface area contributed by atoms with Crippen molar-refractivity contribution < 1.29 is 14.7 Å². The van der Waals surface area contributed by atoms with Gasteiger partial charge < -0.3 is 5.11 Å². The maximum Gasteiger partial charge on any atom is 0.303 e. The molecule has 0 aromatic heterocycles. The van der Waals surface area contributed by atoms with Crippen LogP contribution in [0.4, 0.5) is 0 Å². The van der Waals surface area contributed by atoms with Crippen LogP contribution < -0.4 is 0 Å². The monoisotopic (exact) mass is 249 g/mol. The number of hydrogen-bond donors (Lipinski definition) is 1. The summed E-state index contributed by atoms with van der Waals surface area (Å²) in [4.78, 5) is 21.9. The van der Waals surface area contributed by atoms with E-state index < -0.39 is 5.97 Å². The minimum absolute atomic E-state index is 0.228. The molecule has 0 bridgehead atoms. The molecule has 1 aliphatic carbocycles. The van der Waals surface area contributed by atoms with Crippen LogP contribution in [-0.2, 0) is 9.59 Å². The van der Waals surface area contributed by atoms with Crippen molar-refractivity contribution in [3.05, 3.63) is 31.6 Å². The minimum atomic E-state index is -0.713. The Hall–Kier alpha value is -0.860. The number of carbonyl (C=O) groups is 2. The van der Waals surface area contributed by atoms with Crippen molar-refractivity contribution >= 4 is 11.8 Å². The van der Waals surface area contributed by atoms with Crippen molar-refractivity contribution in [2.24, 2.45) is 0 Å². The molecule has 1 N–H and O–H groups in total. The summed E-state index contributed by atoms with van der Waals surface area (Å²) >= 11 is 0. The highest BCUT2D eigenvalue weighted by molar-refractivity contribution is 5.97. The maximum atomic E-state index is 11.7. The SMILES string of the molecule is O=C(O)CCCCCCCCC(=O)[C]1[CH][CH][CH][CH]1. The molecule has 5 radical (unpaired) electrons. The van der Waals surface area contributed by atoms with Crippen LogP contribution in [0.3, 0.4) is 0 Å². The molecule has 0 unspecified atom stereocenters. The molecular weight excluding hydrogens is 228 g/mol. The standard InChI is InChI=1S/C15H21O3/c16-14(13-9-7-8-10-13)11-5-3-1-2-4-6-12-15(17)18/h7-10H,1-6,11-12H2,(H,17,18). The molecule has 0 spiro atoms. The Bertz CT molecular complexity index is 254. The van der Waals surface area contributed by atoms with E-state index in [9.17, 15) is 9.59 Å². The van der Waals surface area contributed by atoms with Gasteiger partial charge in [-0.05, 0) is 38.5 Å². The van der Waals surface area contributed by atoms with Crippen LogP contribution in [0.1, 0.15) is 51.4 Å². The van der Waals surface area contributed by atoms with Gasteiger partial charge in [0.05, 0.1) is 0 Å². The summed E-state index contributed by atoms with van der Waals surface area (Å²) in [7, 11) is 0. The summed E-state index contributed by atoms with van der Waals surface area (Å²) in [5.74, 6) is 0.331. The topological polar surface area (TPSA) is 54.4 Å². The van der Waals surface area contributed by atoms with E-state index in [1.54, 1.807) is 0 Å². The maximum absolute atomic E-state index is 11.7. The van der Waals surface area contributed by atoms with Gasteiger partial charge in [0.15, 0.2) is 0 Å². The van der Waals surface area contributed by atoms with Gasteiger partial charge in [0.1, 0.15) is 5.78 Å². The molecule has 1 saturated carbocycles. The Balaban J connectivity index is 1.86. The largest absolute Gasteiger partial charge is 0.481 e. The molecule has 0 saturated heterocycles. The third-order valence-corrected chi connectivity index (χ3v) is 3.03. The van der Waals surface area contributed by atoms with Crippen molar-refractivity contribution in [3.63, 3.8) is 0 Å². The second-order valence-electron chi connectivity index (χ2n) is 4.61. The number of carboxylic acids is 1. The number of Topliss-reactive ketones (excluding diaryl/α,β-unsaturated/α-hetero) is 1. The Labute approximate surface area is 110 Å². The first-order valence-corrected chi connectivity index (χ1v) is 6.67. The first-order chi connectivity index (χ1) is 8.70. The van der Waals surface area contributed by atoms with Gasteiger partial charge >= 0.3 is 5.97 Å². The molecule has 0 aromatic carbocycles. The molecule has 1 fully saturated rings. The quantitative estimate of drug-likeness (QED) is 0.605. The van der Waals surface area contributed by atoms with Crippen LogP contribution in [-0.4, -0.2) is 16.9 Å². The first-order valence-electron chi connectivity index (χ1n) is 6.67. The van der Waals surface area contributed by atoms with Gasteiger partial charge in [-0.15, -0.1) is 0 Å². The van der Waals surface area contributed by atoms with Gasteiger partial charge in [0, 0.05) is 18.8 Å². The van der Waals surface area contributed by atoms with Crippen molar-refractivity contribution in [2.45, 2.75) is 51.4 Å². The summed E-state index contributed by atoms with van der Waals surface area (Å²) in [6.07, 6.45) is 14.3. The van der Waals surface area contributed by atoms with Crippen molar-refractivity contribution in [1.29, 1.82) is 0 Å². The fraction of sp³-hybridized carbons (Fsp3) is 0.533. The summed E-state index contributed by atoms with van der Waals surface area (Å²) < 4.78 is 0. The van der Waals surface area contributed by atoms with Crippen LogP contribution in [0.5, 0.6) is 0 Å². The van der Waals surface area contributed by atoms with Gasteiger partial charge in [0.2, 0.25) is 0 Å². The number of hydrogen-bond acceptors (Lipinski definition) is 2. The number of carbonyl (C=O) groups excluding carboxylic acids is 1. The Morgan fingerprint density at radius 2 is 1.33 bits per heavy atom. The summed E-state index contributed by atoms with van der Waals surface area (Å²) in [6, 6.07) is 0. The predicted molar refractivity (Wildman–Crippen MR) is 70.0 cm³/mol. The van der Waals surface area contributed by atoms with E-state index >= 15 is 0 Å². The van der Waals surface area contributed by atoms with Crippen LogP contribution in [0.15, 0.2) is 0 Å². The van der Waals surface area contributed by atoms with Crippen molar-refractivity contribution in [3.8, 4) is 0 Å². The van der Waals surface area contributed by atoms with E-state index in [0.29, 0.717) is 6.42 Å². The second-order valence-corrected chi connectivity index (χ2v) is 4.61. The number of ketones is 1. The average molecular weight is 249 g/mol. The first kappa shape index (κ1) is 15.2. The number of carboxylic acid groups (broad SMARTS) is 1. The van der Waals surface area contributed by atoms with Gasteiger partial charge in [-0.1, -0.05) is 25.7 Å². The second kappa shape index (κ2) is 9.12. The average Bonchev–Trinajstić information content (AvgIpc) is 2.85. The summed E-state index contributed by atoms with van der Waals surface area (Å²) in [5, 5.41) is 8.47. The smallest absolute Gasteiger partial charge is 0.303 e. The molecule has 0 aromatic rings. The number of aliphatic carboxylic acids is 1. The van der Waals surface area contributed by atoms with Gasteiger partial charge in [0.25, 0.3) is 0 Å². The molecule has 0 atom stereocenters. The Morgan fingerprint density at radius 1 is 0.833 bits per heavy atom. The van der Waals surface area contributed by atoms with E-state index in [-0.39, 0.29) is 12.2 Å². The molecule has 1 aliphatic rings. The highest BCUT2D eigenvalue weighted by Crippen LogP contribution is 2.25. The molecular formula is C15H21O3. The Kier molecular flexibility index (Phi) is 7.70. The van der Waals surface area contributed by atoms with Gasteiger partial charge in [-0.3, -0.25) is 9.59 Å². The highest BCUT2D eigenvalue weighted by Gasteiger charge is 2.23. The molecule has 0 amide bonds. The van der Waals surface area contributed by atoms with Gasteiger partial charge in [-0.2, -0.15) is 0 Å². The minimum Gasteiger partial charge on any atom is -0.481 e. The van der Waals surface area contributed by atoms with Crippen LogP contribution >= 0.6 is 0 Å². The van der Waals surface area contributed by atoms with E-state index in [0.717, 1.165) is 44.4 Å². The van der Waals surface area contributed by atoms with Crippen LogP contribution in [0, 0.1) is 31.6 Å². The lowest BCUT2D eigenvalue weighted by atomic mass is 9.97. The van der Waals surface area contributed by atoms with Crippen molar-refractivity contribution in [1.82, 2.24) is 0 Å². The van der Waals surface area contributed by atoms with Gasteiger partial charge in [-0.25, -0.2) is 0 Å². The molecule has 0 heterocycles. The third kappa shape index (κ3) is 6.77. The lowest BCUT2D eigenvalue weighted by Gasteiger charge is -2.06. The zero-order chi connectivity index (χ0) is 13.2. The lowest BCUT2D eigenvalue weighted by Crippen LogP contribution is -2.08. The van der Waals surface area contributed by atoms with E-state index in [4.69, 9.17) is 5.11 Å².